The molecular formula is C26H19Cl2NTi. The second kappa shape index (κ2) is 8.61. The summed E-state index contributed by atoms with van der Waals surface area (Å²) in [7, 11) is 0. The van der Waals surface area contributed by atoms with Gasteiger partial charge >= 0.3 is 174 Å². The van der Waals surface area contributed by atoms with Gasteiger partial charge in [0.2, 0.25) is 0 Å². The van der Waals surface area contributed by atoms with Crippen LogP contribution in [0.25, 0.3) is 28.8 Å². The average molecular weight is 464 g/mol. The Labute approximate surface area is 198 Å². The minimum Gasteiger partial charge on any atom is -1.00 e. The Hall–Kier alpha value is -2.03. The third-order valence-corrected chi connectivity index (χ3v) is 8.74. The Kier molecular flexibility index (Phi) is 6.09. The molecule has 1 aromatic heterocycles. The Bertz CT molecular complexity index is 1270. The third-order valence-electron chi connectivity index (χ3n) is 5.93. The molecular weight excluding hydrogens is 445 g/mol. The van der Waals surface area contributed by atoms with Gasteiger partial charge in [0.15, 0.2) is 0 Å². The van der Waals surface area contributed by atoms with Crippen molar-refractivity contribution in [3.63, 3.8) is 0 Å². The first-order chi connectivity index (χ1) is 13.9. The number of benzene rings is 3. The van der Waals surface area contributed by atoms with Crippen molar-refractivity contribution in [2.24, 2.45) is 0 Å². The van der Waals surface area contributed by atoms with Gasteiger partial charge in [-0.25, -0.2) is 0 Å². The van der Waals surface area contributed by atoms with Crippen molar-refractivity contribution in [2.75, 3.05) is 0 Å². The Morgan fingerprint density at radius 1 is 0.700 bits per heavy atom. The molecule has 2 atom stereocenters. The quantitative estimate of drug-likeness (QED) is 0.391. The van der Waals surface area contributed by atoms with Crippen molar-refractivity contribution in [1.29, 1.82) is 0 Å². The fourth-order valence-corrected chi connectivity index (χ4v) is 7.45. The van der Waals surface area contributed by atoms with Crippen LogP contribution in [0, 0.1) is 0 Å². The standard InChI is InChI=1S/C17H12N.C9H7.2ClH.Ti/c1-2-7-15-12-16(11-14(15)6-1)18-10-9-13-5-3-4-8-17(13)18;1-2-5-9-7-3-6-8(9)4-1;;;/h1-12H;1-7H;2*1H;/q;;;;+2/p-2. The first-order valence-corrected chi connectivity index (χ1v) is 11.6. The van der Waals surface area contributed by atoms with Crippen LogP contribution in [0.5, 0.6) is 0 Å². The predicted molar refractivity (Wildman–Crippen MR) is 114 cm³/mol. The van der Waals surface area contributed by atoms with Crippen LogP contribution < -0.4 is 24.8 Å². The molecule has 0 saturated carbocycles. The number of fused-ring (bicyclic) bond motifs is 3. The molecule has 30 heavy (non-hydrogen) atoms. The van der Waals surface area contributed by atoms with Gasteiger partial charge in [-0.15, -0.1) is 0 Å². The summed E-state index contributed by atoms with van der Waals surface area (Å²) in [6, 6.07) is 28.8. The van der Waals surface area contributed by atoms with E-state index in [4.69, 9.17) is 0 Å². The number of halogens is 2. The molecule has 2 aliphatic carbocycles. The number of nitrogens with zero attached hydrogens (tertiary/aromatic N) is 1. The Morgan fingerprint density at radius 3 is 2.27 bits per heavy atom. The summed E-state index contributed by atoms with van der Waals surface area (Å²) < 4.78 is 3.54. The van der Waals surface area contributed by atoms with E-state index in [0.29, 0.717) is 8.45 Å². The molecule has 6 rings (SSSR count). The monoisotopic (exact) mass is 463 g/mol. The summed E-state index contributed by atoms with van der Waals surface area (Å²) in [5, 5.41) is 1.31. The molecule has 0 aliphatic heterocycles. The smallest absolute Gasteiger partial charge is 1.00 e. The fraction of sp³-hybridized carbons (Fsp3) is 0.0769. The zero-order valence-electron chi connectivity index (χ0n) is 16.2. The predicted octanol–water partition coefficient (Wildman–Crippen LogP) is 0.553. The topological polar surface area (TPSA) is 4.93 Å². The summed E-state index contributed by atoms with van der Waals surface area (Å²) >= 11 is -0.309. The van der Waals surface area contributed by atoms with Crippen LogP contribution in [0.3, 0.4) is 0 Å². The van der Waals surface area contributed by atoms with Crippen LogP contribution >= 0.6 is 0 Å². The first-order valence-electron chi connectivity index (χ1n) is 9.79. The first kappa shape index (κ1) is 21.2. The van der Waals surface area contributed by atoms with Crippen molar-refractivity contribution in [2.45, 2.75) is 8.45 Å². The number of para-hydroxylation sites is 1. The van der Waals surface area contributed by atoms with E-state index < -0.39 is 0 Å². The zero-order valence-corrected chi connectivity index (χ0v) is 19.2. The van der Waals surface area contributed by atoms with Crippen molar-refractivity contribution in [3.8, 4) is 0 Å². The molecule has 0 amide bonds. The Balaban J connectivity index is 0.00000109. The van der Waals surface area contributed by atoms with Gasteiger partial charge < -0.3 is 24.8 Å². The van der Waals surface area contributed by atoms with Crippen molar-refractivity contribution >= 4 is 28.8 Å². The maximum absolute atomic E-state index is 2.44. The van der Waals surface area contributed by atoms with E-state index in [1.807, 2.05) is 0 Å². The maximum Gasteiger partial charge on any atom is -1.00 e. The maximum atomic E-state index is 2.44. The van der Waals surface area contributed by atoms with E-state index in [2.05, 4.69) is 108 Å². The summed E-state index contributed by atoms with van der Waals surface area (Å²) in [6.45, 7) is 0. The van der Waals surface area contributed by atoms with Gasteiger partial charge in [0, 0.05) is 0 Å². The molecule has 4 aromatic rings. The molecule has 4 heteroatoms. The van der Waals surface area contributed by atoms with E-state index >= 15 is 0 Å². The van der Waals surface area contributed by atoms with Gasteiger partial charge in [-0.3, -0.25) is 0 Å². The van der Waals surface area contributed by atoms with Crippen LogP contribution in [0.1, 0.15) is 30.7 Å². The molecule has 2 aliphatic rings. The van der Waals surface area contributed by atoms with Crippen LogP contribution in [-0.2, 0) is 19.2 Å². The second-order valence-corrected chi connectivity index (χ2v) is 9.90. The summed E-state index contributed by atoms with van der Waals surface area (Å²) in [5.41, 5.74) is 8.57. The molecule has 0 spiro atoms. The number of aromatic nitrogens is 1. The molecule has 0 radical (unpaired) electrons. The molecule has 1 heterocycles. The van der Waals surface area contributed by atoms with E-state index in [-0.39, 0.29) is 44.0 Å². The molecule has 146 valence electrons. The minimum absolute atomic E-state index is 0. The zero-order chi connectivity index (χ0) is 18.5. The van der Waals surface area contributed by atoms with E-state index in [9.17, 15) is 0 Å². The normalized spacial score (nSPS) is 18.1. The number of allylic oxidation sites excluding steroid dienone is 2. The van der Waals surface area contributed by atoms with Gasteiger partial charge in [0.05, 0.1) is 0 Å². The van der Waals surface area contributed by atoms with Crippen molar-refractivity contribution in [3.05, 3.63) is 113 Å². The average Bonchev–Trinajstić information content (AvgIpc) is 3.44. The van der Waals surface area contributed by atoms with Gasteiger partial charge in [-0.1, -0.05) is 0 Å². The van der Waals surface area contributed by atoms with Crippen LogP contribution in [0.4, 0.5) is 0 Å². The fourth-order valence-electron chi connectivity index (χ4n) is 4.57. The molecule has 2 unspecified atom stereocenters. The van der Waals surface area contributed by atoms with Crippen molar-refractivity contribution in [1.82, 2.24) is 4.57 Å². The van der Waals surface area contributed by atoms with E-state index in [1.165, 1.54) is 38.9 Å². The summed E-state index contributed by atoms with van der Waals surface area (Å²) in [6.07, 6.45) is 9.43. The summed E-state index contributed by atoms with van der Waals surface area (Å²) in [5.74, 6) is 0. The Morgan fingerprint density at radius 2 is 1.40 bits per heavy atom. The minimum atomic E-state index is -0.309. The van der Waals surface area contributed by atoms with Gasteiger partial charge in [-0.2, -0.15) is 0 Å². The molecule has 1 nitrogen and oxygen atoms in total. The second-order valence-electron chi connectivity index (χ2n) is 7.51. The van der Waals surface area contributed by atoms with Gasteiger partial charge in [0.1, 0.15) is 0 Å². The van der Waals surface area contributed by atoms with Gasteiger partial charge in [-0.05, 0) is 0 Å². The van der Waals surface area contributed by atoms with E-state index in [0.717, 1.165) is 0 Å². The summed E-state index contributed by atoms with van der Waals surface area (Å²) in [4.78, 5) is 0. The van der Waals surface area contributed by atoms with Crippen LogP contribution in [0.15, 0.2) is 91.1 Å². The van der Waals surface area contributed by atoms with Crippen molar-refractivity contribution < 1.29 is 44.0 Å². The van der Waals surface area contributed by atoms with Gasteiger partial charge in [0.25, 0.3) is 0 Å². The number of hydrogen-bond donors (Lipinski definition) is 0. The number of rotatable bonds is 3. The molecule has 0 fully saturated rings. The molecule has 0 saturated heterocycles. The molecule has 0 bridgehead atoms. The largest absolute Gasteiger partial charge is 1.00 e. The van der Waals surface area contributed by atoms with Crippen LogP contribution in [0.2, 0.25) is 0 Å². The molecule has 0 N–H and O–H groups in total. The van der Waals surface area contributed by atoms with Crippen LogP contribution in [-0.4, -0.2) is 4.57 Å². The SMILES string of the molecule is C1=C[CH]([Ti+2][CH]2C(n3ccc4ccccc43)=Cc3ccccc32)c2ccccc21.[Cl-].[Cl-]. The van der Waals surface area contributed by atoms with E-state index in [1.54, 1.807) is 0 Å². The number of hydrogen-bond acceptors (Lipinski definition) is 0. The molecule has 3 aromatic carbocycles. The third kappa shape index (κ3) is 3.41.